The number of hydrogen-bond acceptors (Lipinski definition) is 4. The number of allylic oxidation sites excluding steroid dienone is 4. The second-order valence-corrected chi connectivity index (χ2v) is 6.91. The quantitative estimate of drug-likeness (QED) is 0.710. The molecule has 1 aromatic carbocycles. The third-order valence-electron chi connectivity index (χ3n) is 2.78. The second kappa shape index (κ2) is 9.23. The first-order valence-electron chi connectivity index (χ1n) is 6.97. The van der Waals surface area contributed by atoms with Crippen LogP contribution in [-0.2, 0) is 9.84 Å². The van der Waals surface area contributed by atoms with Crippen molar-refractivity contribution in [3.05, 3.63) is 66.8 Å². The molecular formula is C17H22O4S. The van der Waals surface area contributed by atoms with E-state index >= 15 is 0 Å². The van der Waals surface area contributed by atoms with Crippen molar-refractivity contribution in [1.29, 1.82) is 0 Å². The average molecular weight is 322 g/mol. The molecule has 0 spiro atoms. The number of hydrogen-bond donors (Lipinski definition) is 1. The number of para-hydroxylation sites is 1. The summed E-state index contributed by atoms with van der Waals surface area (Å²) >= 11 is 0. The summed E-state index contributed by atoms with van der Waals surface area (Å²) in [5.41, 5.74) is 0.592. The summed E-state index contributed by atoms with van der Waals surface area (Å²) in [6.45, 7) is 5.38. The number of ether oxygens (including phenoxy) is 1. The number of aliphatic hydroxyl groups excluding tert-OH is 1. The second-order valence-electron chi connectivity index (χ2n) is 4.80. The molecule has 120 valence electrons. The van der Waals surface area contributed by atoms with Crippen molar-refractivity contribution >= 4 is 9.84 Å². The monoisotopic (exact) mass is 322 g/mol. The topological polar surface area (TPSA) is 63.6 Å². The molecule has 0 saturated carbocycles. The van der Waals surface area contributed by atoms with Crippen LogP contribution in [0.1, 0.15) is 6.92 Å². The van der Waals surface area contributed by atoms with Gasteiger partial charge in [-0.05, 0) is 24.6 Å². The molecule has 0 fully saturated rings. The standard InChI is InChI=1S/C17H22O4S/c1-3-5-9-15(4-2)13-22(19,20)14-16(18)12-21-17-10-7-6-8-11-17/h3-11,16,18H,2,12-14H2,1H3/b5-3-,15-9+/t16-/m0/s1. The van der Waals surface area contributed by atoms with Gasteiger partial charge in [-0.1, -0.05) is 49.1 Å². The Morgan fingerprint density at radius 2 is 2.05 bits per heavy atom. The molecule has 1 aromatic rings. The molecule has 0 unspecified atom stereocenters. The molecule has 0 saturated heterocycles. The van der Waals surface area contributed by atoms with Gasteiger partial charge in [0.1, 0.15) is 18.5 Å². The molecule has 5 heteroatoms. The zero-order valence-corrected chi connectivity index (χ0v) is 13.5. The Labute approximate surface area is 132 Å². The third kappa shape index (κ3) is 7.24. The minimum absolute atomic E-state index is 0.0642. The Morgan fingerprint density at radius 3 is 2.64 bits per heavy atom. The Balaban J connectivity index is 2.54. The third-order valence-corrected chi connectivity index (χ3v) is 4.45. The van der Waals surface area contributed by atoms with Crippen molar-refractivity contribution in [3.63, 3.8) is 0 Å². The first kappa shape index (κ1) is 18.2. The summed E-state index contributed by atoms with van der Waals surface area (Å²) in [6, 6.07) is 8.96. The molecule has 22 heavy (non-hydrogen) atoms. The van der Waals surface area contributed by atoms with Gasteiger partial charge in [0.25, 0.3) is 0 Å². The summed E-state index contributed by atoms with van der Waals surface area (Å²) < 4.78 is 29.5. The van der Waals surface area contributed by atoms with Crippen molar-refractivity contribution < 1.29 is 18.3 Å². The van der Waals surface area contributed by atoms with Gasteiger partial charge < -0.3 is 9.84 Å². The van der Waals surface area contributed by atoms with E-state index < -0.39 is 15.9 Å². The van der Waals surface area contributed by atoms with Crippen LogP contribution in [0, 0.1) is 0 Å². The van der Waals surface area contributed by atoms with Crippen molar-refractivity contribution in [3.8, 4) is 5.75 Å². The van der Waals surface area contributed by atoms with Gasteiger partial charge in [0.2, 0.25) is 0 Å². The molecule has 1 atom stereocenters. The minimum atomic E-state index is -3.43. The fourth-order valence-corrected chi connectivity index (χ4v) is 3.28. The number of benzene rings is 1. The largest absolute Gasteiger partial charge is 0.491 e. The van der Waals surface area contributed by atoms with E-state index in [1.165, 1.54) is 6.08 Å². The Bertz CT molecular complexity index is 615. The molecule has 1 N–H and O–H groups in total. The van der Waals surface area contributed by atoms with Gasteiger partial charge in [-0.3, -0.25) is 0 Å². The molecule has 1 rings (SSSR count). The van der Waals surface area contributed by atoms with Crippen LogP contribution in [0.15, 0.2) is 66.8 Å². The summed E-state index contributed by atoms with van der Waals surface area (Å²) in [7, 11) is -3.43. The molecule has 0 heterocycles. The lowest BCUT2D eigenvalue weighted by molar-refractivity contribution is 0.125. The van der Waals surface area contributed by atoms with Crippen molar-refractivity contribution in [2.75, 3.05) is 18.1 Å². The van der Waals surface area contributed by atoms with E-state index in [-0.39, 0.29) is 18.1 Å². The maximum absolute atomic E-state index is 12.1. The van der Waals surface area contributed by atoms with Gasteiger partial charge in [-0.25, -0.2) is 8.42 Å². The van der Waals surface area contributed by atoms with E-state index in [0.29, 0.717) is 11.3 Å². The van der Waals surface area contributed by atoms with E-state index in [1.54, 1.807) is 42.5 Å². The van der Waals surface area contributed by atoms with Crippen molar-refractivity contribution in [2.24, 2.45) is 0 Å². The predicted octanol–water partition coefficient (Wildman–Crippen LogP) is 2.53. The van der Waals surface area contributed by atoms with Gasteiger partial charge in [0.15, 0.2) is 9.84 Å². The van der Waals surface area contributed by atoms with Crippen LogP contribution < -0.4 is 4.74 Å². The Morgan fingerprint density at radius 1 is 1.36 bits per heavy atom. The lowest BCUT2D eigenvalue weighted by atomic mass is 10.3. The number of rotatable bonds is 9. The highest BCUT2D eigenvalue weighted by Crippen LogP contribution is 2.10. The van der Waals surface area contributed by atoms with Gasteiger partial charge >= 0.3 is 0 Å². The van der Waals surface area contributed by atoms with Crippen LogP contribution >= 0.6 is 0 Å². The van der Waals surface area contributed by atoms with E-state index in [2.05, 4.69) is 6.58 Å². The maximum atomic E-state index is 12.1. The van der Waals surface area contributed by atoms with Crippen LogP contribution in [-0.4, -0.2) is 37.7 Å². The Hall–Kier alpha value is -1.85. The van der Waals surface area contributed by atoms with Gasteiger partial charge in [-0.15, -0.1) is 0 Å². The summed E-state index contributed by atoms with van der Waals surface area (Å²) in [4.78, 5) is 0. The van der Waals surface area contributed by atoms with Gasteiger partial charge in [-0.2, -0.15) is 0 Å². The molecule has 0 amide bonds. The molecule has 0 radical (unpaired) electrons. The Kier molecular flexibility index (Phi) is 7.63. The average Bonchev–Trinajstić information content (AvgIpc) is 2.50. The number of aliphatic hydroxyl groups is 1. The van der Waals surface area contributed by atoms with E-state index in [1.807, 2.05) is 13.0 Å². The SMILES string of the molecule is C=C/C(=C\C=C/C)CS(=O)(=O)C[C@@H](O)COc1ccccc1. The van der Waals surface area contributed by atoms with Crippen LogP contribution in [0.25, 0.3) is 0 Å². The van der Waals surface area contributed by atoms with E-state index in [4.69, 9.17) is 4.74 Å². The van der Waals surface area contributed by atoms with Crippen LogP contribution in [0.2, 0.25) is 0 Å². The fraction of sp³-hybridized carbons (Fsp3) is 0.294. The van der Waals surface area contributed by atoms with E-state index in [9.17, 15) is 13.5 Å². The molecular weight excluding hydrogens is 300 g/mol. The normalized spacial score (nSPS) is 14.0. The predicted molar refractivity (Wildman–Crippen MR) is 89.7 cm³/mol. The zero-order valence-electron chi connectivity index (χ0n) is 12.7. The maximum Gasteiger partial charge on any atom is 0.157 e. The molecule has 4 nitrogen and oxygen atoms in total. The molecule has 0 aliphatic heterocycles. The molecule has 0 aliphatic rings. The zero-order chi connectivity index (χ0) is 16.4. The van der Waals surface area contributed by atoms with Crippen LogP contribution in [0.5, 0.6) is 5.75 Å². The van der Waals surface area contributed by atoms with Crippen molar-refractivity contribution in [2.45, 2.75) is 13.0 Å². The highest BCUT2D eigenvalue weighted by Gasteiger charge is 2.18. The fourth-order valence-electron chi connectivity index (χ4n) is 1.76. The summed E-state index contributed by atoms with van der Waals surface area (Å²) in [5, 5.41) is 9.84. The summed E-state index contributed by atoms with van der Waals surface area (Å²) in [5.74, 6) is 0.100. The van der Waals surface area contributed by atoms with E-state index in [0.717, 1.165) is 0 Å². The molecule has 0 aromatic heterocycles. The van der Waals surface area contributed by atoms with Crippen molar-refractivity contribution in [1.82, 2.24) is 0 Å². The highest BCUT2D eigenvalue weighted by atomic mass is 32.2. The first-order chi connectivity index (χ1) is 10.5. The smallest absolute Gasteiger partial charge is 0.157 e. The molecule has 0 aliphatic carbocycles. The highest BCUT2D eigenvalue weighted by molar-refractivity contribution is 7.91. The first-order valence-corrected chi connectivity index (χ1v) is 8.79. The summed E-state index contributed by atoms with van der Waals surface area (Å²) in [6.07, 6.45) is 5.68. The lowest BCUT2D eigenvalue weighted by Crippen LogP contribution is -2.28. The minimum Gasteiger partial charge on any atom is -0.491 e. The van der Waals surface area contributed by atoms with Crippen LogP contribution in [0.4, 0.5) is 0 Å². The van der Waals surface area contributed by atoms with Gasteiger partial charge in [0.05, 0.1) is 11.5 Å². The van der Waals surface area contributed by atoms with Gasteiger partial charge in [0, 0.05) is 0 Å². The lowest BCUT2D eigenvalue weighted by Gasteiger charge is -2.13. The van der Waals surface area contributed by atoms with Crippen LogP contribution in [0.3, 0.4) is 0 Å². The molecule has 0 bridgehead atoms. The number of sulfone groups is 1.